The zero-order chi connectivity index (χ0) is 17.4. The first-order chi connectivity index (χ1) is 12.1. The Hall–Kier alpha value is -1.24. The van der Waals surface area contributed by atoms with E-state index in [1.807, 2.05) is 6.07 Å². The van der Waals surface area contributed by atoms with Crippen molar-refractivity contribution in [3.05, 3.63) is 28.2 Å². The molecule has 1 aromatic heterocycles. The third kappa shape index (κ3) is 3.81. The number of hydrogen-bond acceptors (Lipinski definition) is 5. The summed E-state index contributed by atoms with van der Waals surface area (Å²) in [6, 6.07) is 4.89. The van der Waals surface area contributed by atoms with Crippen molar-refractivity contribution in [3.63, 3.8) is 0 Å². The number of likely N-dealkylation sites (tertiary alicyclic amines) is 1. The van der Waals surface area contributed by atoms with Crippen LogP contribution in [0.3, 0.4) is 0 Å². The number of aromatic nitrogens is 2. The molecule has 1 aromatic rings. The summed E-state index contributed by atoms with van der Waals surface area (Å²) in [5, 5.41) is 8.44. The molecule has 3 aliphatic rings. The molecule has 4 rings (SSSR count). The van der Waals surface area contributed by atoms with Gasteiger partial charge in [0, 0.05) is 24.1 Å². The van der Waals surface area contributed by atoms with Gasteiger partial charge >= 0.3 is 0 Å². The van der Waals surface area contributed by atoms with Gasteiger partial charge in [0.15, 0.2) is 0 Å². The van der Waals surface area contributed by atoms with Crippen molar-refractivity contribution in [3.8, 4) is 0 Å². The number of hydrogen-bond donors (Lipinski definition) is 1. The van der Waals surface area contributed by atoms with Crippen molar-refractivity contribution in [2.75, 3.05) is 26.3 Å². The fourth-order valence-corrected chi connectivity index (χ4v) is 4.10. The topological polar surface area (TPSA) is 59.4 Å². The van der Waals surface area contributed by atoms with E-state index in [2.05, 4.69) is 29.2 Å². The number of nitrogens with one attached hydrogen (secondary N) is 1. The van der Waals surface area contributed by atoms with Crippen LogP contribution in [-0.2, 0) is 4.74 Å². The highest BCUT2D eigenvalue weighted by Gasteiger charge is 2.35. The standard InChI is InChI=1S/C19H30N4O2/c1-13(2)22-9-7-15(8-10-22)20-17-11-25-12-18(17)23-19(24)6-5-16(21-23)14-3-4-14/h5-6,13-15,17-18,20H,3-4,7-12H2,1-2H3. The summed E-state index contributed by atoms with van der Waals surface area (Å²) < 4.78 is 7.41. The highest BCUT2D eigenvalue weighted by Crippen LogP contribution is 2.38. The first-order valence-electron chi connectivity index (χ1n) is 9.79. The molecule has 6 heteroatoms. The van der Waals surface area contributed by atoms with Gasteiger partial charge in [-0.25, -0.2) is 4.68 Å². The summed E-state index contributed by atoms with van der Waals surface area (Å²) in [5.41, 5.74) is 1.05. The van der Waals surface area contributed by atoms with E-state index < -0.39 is 0 Å². The number of rotatable bonds is 5. The molecular weight excluding hydrogens is 316 g/mol. The van der Waals surface area contributed by atoms with Gasteiger partial charge < -0.3 is 15.0 Å². The summed E-state index contributed by atoms with van der Waals surface area (Å²) in [7, 11) is 0. The minimum atomic E-state index is -0.0127. The van der Waals surface area contributed by atoms with Crippen LogP contribution in [0.2, 0.25) is 0 Å². The number of ether oxygens (including phenoxy) is 1. The Morgan fingerprint density at radius 1 is 1.16 bits per heavy atom. The van der Waals surface area contributed by atoms with Crippen molar-refractivity contribution in [1.82, 2.24) is 20.0 Å². The third-order valence-electron chi connectivity index (χ3n) is 5.92. The molecule has 6 nitrogen and oxygen atoms in total. The minimum Gasteiger partial charge on any atom is -0.377 e. The predicted molar refractivity (Wildman–Crippen MR) is 97.0 cm³/mol. The summed E-state index contributed by atoms with van der Waals surface area (Å²) in [5.74, 6) is 0.556. The first-order valence-corrected chi connectivity index (χ1v) is 9.79. The minimum absolute atomic E-state index is 0.00864. The SMILES string of the molecule is CC(C)N1CCC(NC2COCC2n2nc(C3CC3)ccc2=O)CC1. The molecule has 2 atom stereocenters. The molecule has 0 amide bonds. The molecule has 0 bridgehead atoms. The Morgan fingerprint density at radius 2 is 1.92 bits per heavy atom. The monoisotopic (exact) mass is 346 g/mol. The van der Waals surface area contributed by atoms with Gasteiger partial charge in [-0.15, -0.1) is 0 Å². The van der Waals surface area contributed by atoms with Crippen LogP contribution >= 0.6 is 0 Å². The van der Waals surface area contributed by atoms with Crippen molar-refractivity contribution in [2.45, 2.75) is 69.6 Å². The normalized spacial score (nSPS) is 28.8. The Bertz CT molecular complexity index is 647. The smallest absolute Gasteiger partial charge is 0.267 e. The maximum Gasteiger partial charge on any atom is 0.267 e. The lowest BCUT2D eigenvalue weighted by molar-refractivity contribution is 0.149. The average molecular weight is 346 g/mol. The number of nitrogens with zero attached hydrogens (tertiary/aromatic N) is 3. The maximum atomic E-state index is 12.4. The van der Waals surface area contributed by atoms with Crippen LogP contribution in [0.1, 0.15) is 57.2 Å². The second-order valence-corrected chi connectivity index (χ2v) is 8.10. The van der Waals surface area contributed by atoms with Gasteiger partial charge in [0.2, 0.25) is 0 Å². The van der Waals surface area contributed by atoms with Gasteiger partial charge in [-0.3, -0.25) is 4.79 Å². The van der Waals surface area contributed by atoms with E-state index in [0.29, 0.717) is 31.2 Å². The molecule has 1 saturated carbocycles. The second kappa shape index (κ2) is 7.17. The van der Waals surface area contributed by atoms with Gasteiger partial charge in [0.05, 0.1) is 31.0 Å². The maximum absolute atomic E-state index is 12.4. The van der Waals surface area contributed by atoms with Gasteiger partial charge in [0.1, 0.15) is 0 Å². The molecule has 138 valence electrons. The first kappa shape index (κ1) is 17.2. The van der Waals surface area contributed by atoms with Crippen LogP contribution in [0.4, 0.5) is 0 Å². The summed E-state index contributed by atoms with van der Waals surface area (Å²) in [4.78, 5) is 14.9. The van der Waals surface area contributed by atoms with Crippen molar-refractivity contribution in [1.29, 1.82) is 0 Å². The van der Waals surface area contributed by atoms with E-state index in [1.165, 1.54) is 12.8 Å². The zero-order valence-corrected chi connectivity index (χ0v) is 15.4. The van der Waals surface area contributed by atoms with Gasteiger partial charge in [-0.05, 0) is 58.7 Å². The van der Waals surface area contributed by atoms with Crippen molar-refractivity contribution < 1.29 is 4.74 Å². The van der Waals surface area contributed by atoms with E-state index in [9.17, 15) is 4.79 Å². The van der Waals surface area contributed by atoms with Crippen LogP contribution < -0.4 is 10.9 Å². The Kier molecular flexibility index (Phi) is 4.93. The van der Waals surface area contributed by atoms with Crippen LogP contribution in [0.25, 0.3) is 0 Å². The molecule has 2 aliphatic heterocycles. The Labute approximate surface area is 149 Å². The molecule has 3 heterocycles. The lowest BCUT2D eigenvalue weighted by Crippen LogP contribution is -2.50. The van der Waals surface area contributed by atoms with Crippen molar-refractivity contribution in [2.24, 2.45) is 0 Å². The summed E-state index contributed by atoms with van der Waals surface area (Å²) >= 11 is 0. The van der Waals surface area contributed by atoms with E-state index >= 15 is 0 Å². The van der Waals surface area contributed by atoms with E-state index in [0.717, 1.165) is 31.6 Å². The third-order valence-corrected chi connectivity index (χ3v) is 5.92. The molecule has 1 N–H and O–H groups in total. The average Bonchev–Trinajstić information content (AvgIpc) is 3.36. The Morgan fingerprint density at radius 3 is 2.60 bits per heavy atom. The van der Waals surface area contributed by atoms with Crippen molar-refractivity contribution >= 4 is 0 Å². The molecule has 25 heavy (non-hydrogen) atoms. The van der Waals surface area contributed by atoms with Gasteiger partial charge in [0.25, 0.3) is 5.56 Å². The molecule has 0 spiro atoms. The van der Waals surface area contributed by atoms with Crippen LogP contribution in [-0.4, -0.2) is 59.1 Å². The largest absolute Gasteiger partial charge is 0.377 e. The molecule has 1 aliphatic carbocycles. The second-order valence-electron chi connectivity index (χ2n) is 8.10. The van der Waals surface area contributed by atoms with E-state index in [4.69, 9.17) is 4.74 Å². The van der Waals surface area contributed by atoms with Crippen LogP contribution in [0.15, 0.2) is 16.9 Å². The lowest BCUT2D eigenvalue weighted by Gasteiger charge is -2.36. The summed E-state index contributed by atoms with van der Waals surface area (Å²) in [6.07, 6.45) is 4.71. The molecule has 3 fully saturated rings. The van der Waals surface area contributed by atoms with Gasteiger partial charge in [-0.2, -0.15) is 5.10 Å². The molecular formula is C19H30N4O2. The molecule has 2 unspecified atom stereocenters. The quantitative estimate of drug-likeness (QED) is 0.876. The van der Waals surface area contributed by atoms with Crippen LogP contribution in [0, 0.1) is 0 Å². The highest BCUT2D eigenvalue weighted by atomic mass is 16.5. The van der Waals surface area contributed by atoms with E-state index in [-0.39, 0.29) is 17.6 Å². The molecule has 0 radical (unpaired) electrons. The predicted octanol–water partition coefficient (Wildman–Crippen LogP) is 1.52. The summed E-state index contributed by atoms with van der Waals surface area (Å²) in [6.45, 7) is 8.05. The van der Waals surface area contributed by atoms with Crippen LogP contribution in [0.5, 0.6) is 0 Å². The Balaban J connectivity index is 1.43. The fraction of sp³-hybridized carbons (Fsp3) is 0.789. The lowest BCUT2D eigenvalue weighted by atomic mass is 10.0. The zero-order valence-electron chi connectivity index (χ0n) is 15.4. The highest BCUT2D eigenvalue weighted by molar-refractivity contribution is 5.13. The van der Waals surface area contributed by atoms with E-state index in [1.54, 1.807) is 10.7 Å². The number of piperidine rings is 1. The van der Waals surface area contributed by atoms with Gasteiger partial charge in [-0.1, -0.05) is 0 Å². The fourth-order valence-electron chi connectivity index (χ4n) is 4.10. The molecule has 2 saturated heterocycles. The molecule has 0 aromatic carbocycles.